The van der Waals surface area contributed by atoms with E-state index in [2.05, 4.69) is 22.3 Å². The van der Waals surface area contributed by atoms with Crippen LogP contribution in [0.2, 0.25) is 0 Å². The second kappa shape index (κ2) is 7.21. The summed E-state index contributed by atoms with van der Waals surface area (Å²) in [4.78, 5) is 15.2. The molecule has 2 atom stereocenters. The van der Waals surface area contributed by atoms with Crippen molar-refractivity contribution in [2.24, 2.45) is 5.92 Å². The van der Waals surface area contributed by atoms with Crippen LogP contribution in [0.4, 0.5) is 0 Å². The summed E-state index contributed by atoms with van der Waals surface area (Å²) < 4.78 is 11.4. The Morgan fingerprint density at radius 1 is 1.12 bits per heavy atom. The summed E-state index contributed by atoms with van der Waals surface area (Å²) in [6.07, 6.45) is 4.30. The van der Waals surface area contributed by atoms with Crippen molar-refractivity contribution in [1.82, 2.24) is 10.2 Å². The summed E-state index contributed by atoms with van der Waals surface area (Å²) in [6, 6.07) is 10.3. The van der Waals surface area contributed by atoms with Crippen molar-refractivity contribution in [2.75, 3.05) is 26.3 Å². The molecule has 5 nitrogen and oxygen atoms in total. The molecule has 2 unspecified atom stereocenters. The van der Waals surface area contributed by atoms with Gasteiger partial charge in [0.1, 0.15) is 6.04 Å². The second-order valence-corrected chi connectivity index (χ2v) is 7.10. The number of hydrogen-bond donors (Lipinski definition) is 1. The zero-order valence-electron chi connectivity index (χ0n) is 14.0. The van der Waals surface area contributed by atoms with Gasteiger partial charge in [0.25, 0.3) is 0 Å². The number of piperidine rings is 1. The number of ether oxygens (including phenoxy) is 2. The van der Waals surface area contributed by atoms with E-state index in [0.717, 1.165) is 44.3 Å². The molecule has 1 aromatic rings. The predicted octanol–water partition coefficient (Wildman–Crippen LogP) is 2.09. The van der Waals surface area contributed by atoms with Gasteiger partial charge in [0, 0.05) is 18.5 Å². The molecule has 130 valence electrons. The minimum atomic E-state index is -0.212. The Labute approximate surface area is 143 Å². The van der Waals surface area contributed by atoms with E-state index in [1.807, 2.05) is 18.2 Å². The van der Waals surface area contributed by atoms with E-state index < -0.39 is 0 Å². The SMILES string of the molecule is O=C(NC1CC1)C(c1ccccc1)N1CCCC(C2OCCO2)C1. The van der Waals surface area contributed by atoms with Crippen LogP contribution in [0.3, 0.4) is 0 Å². The summed E-state index contributed by atoms with van der Waals surface area (Å²) in [6.45, 7) is 3.17. The summed E-state index contributed by atoms with van der Waals surface area (Å²) in [7, 11) is 0. The van der Waals surface area contributed by atoms with Crippen molar-refractivity contribution in [3.8, 4) is 0 Å². The molecule has 1 amide bonds. The maximum absolute atomic E-state index is 12.9. The van der Waals surface area contributed by atoms with Crippen molar-refractivity contribution in [3.05, 3.63) is 35.9 Å². The van der Waals surface area contributed by atoms with Crippen LogP contribution in [-0.4, -0.2) is 49.4 Å². The highest BCUT2D eigenvalue weighted by Crippen LogP contribution is 2.31. The molecule has 1 aromatic carbocycles. The third kappa shape index (κ3) is 3.63. The van der Waals surface area contributed by atoms with Gasteiger partial charge in [-0.3, -0.25) is 9.69 Å². The lowest BCUT2D eigenvalue weighted by Gasteiger charge is -2.39. The molecule has 24 heavy (non-hydrogen) atoms. The van der Waals surface area contributed by atoms with Crippen LogP contribution >= 0.6 is 0 Å². The van der Waals surface area contributed by atoms with Crippen molar-refractivity contribution >= 4 is 5.91 Å². The van der Waals surface area contributed by atoms with E-state index in [-0.39, 0.29) is 18.2 Å². The molecule has 0 spiro atoms. The number of carbonyl (C=O) groups is 1. The predicted molar refractivity (Wildman–Crippen MR) is 90.3 cm³/mol. The quantitative estimate of drug-likeness (QED) is 0.898. The van der Waals surface area contributed by atoms with Crippen molar-refractivity contribution < 1.29 is 14.3 Å². The molecular weight excluding hydrogens is 304 g/mol. The Morgan fingerprint density at radius 2 is 1.88 bits per heavy atom. The largest absolute Gasteiger partial charge is 0.352 e. The average molecular weight is 330 g/mol. The number of rotatable bonds is 5. The molecule has 2 saturated heterocycles. The Hall–Kier alpha value is -1.43. The minimum absolute atomic E-state index is 0.101. The van der Waals surface area contributed by atoms with E-state index in [4.69, 9.17) is 9.47 Å². The molecule has 3 fully saturated rings. The molecule has 0 aromatic heterocycles. The van der Waals surface area contributed by atoms with Gasteiger partial charge in [0.2, 0.25) is 5.91 Å². The standard InChI is InChI=1S/C19H26N2O3/c22-18(20-16-8-9-16)17(14-5-2-1-3-6-14)21-10-4-7-15(13-21)19-23-11-12-24-19/h1-3,5-6,15-17,19H,4,7-13H2,(H,20,22). The van der Waals surface area contributed by atoms with Crippen LogP contribution in [-0.2, 0) is 14.3 Å². The van der Waals surface area contributed by atoms with Crippen molar-refractivity contribution in [2.45, 2.75) is 44.1 Å². The van der Waals surface area contributed by atoms with Gasteiger partial charge >= 0.3 is 0 Å². The van der Waals surface area contributed by atoms with Crippen LogP contribution in [0.25, 0.3) is 0 Å². The van der Waals surface area contributed by atoms with Gasteiger partial charge in [-0.25, -0.2) is 0 Å². The Bertz CT molecular complexity index is 555. The van der Waals surface area contributed by atoms with Gasteiger partial charge in [-0.05, 0) is 37.8 Å². The normalized spacial score (nSPS) is 27.1. The van der Waals surface area contributed by atoms with Crippen LogP contribution in [0.1, 0.15) is 37.3 Å². The highest BCUT2D eigenvalue weighted by Gasteiger charge is 2.37. The van der Waals surface area contributed by atoms with Gasteiger partial charge in [0.15, 0.2) is 6.29 Å². The van der Waals surface area contributed by atoms with Gasteiger partial charge in [-0.1, -0.05) is 30.3 Å². The molecule has 0 bridgehead atoms. The number of likely N-dealkylation sites (tertiary alicyclic amines) is 1. The molecule has 3 aliphatic rings. The molecule has 2 aliphatic heterocycles. The van der Waals surface area contributed by atoms with Crippen LogP contribution in [0.5, 0.6) is 0 Å². The molecule has 4 rings (SSSR count). The number of nitrogens with zero attached hydrogens (tertiary/aromatic N) is 1. The topological polar surface area (TPSA) is 50.8 Å². The molecule has 1 aliphatic carbocycles. The fraction of sp³-hybridized carbons (Fsp3) is 0.632. The number of benzene rings is 1. The minimum Gasteiger partial charge on any atom is -0.352 e. The first kappa shape index (κ1) is 16.1. The third-order valence-corrected chi connectivity index (χ3v) is 5.17. The zero-order valence-corrected chi connectivity index (χ0v) is 14.0. The summed E-state index contributed by atoms with van der Waals surface area (Å²) in [5, 5.41) is 3.19. The van der Waals surface area contributed by atoms with Crippen LogP contribution < -0.4 is 5.32 Å². The lowest BCUT2D eigenvalue weighted by molar-refractivity contribution is -0.132. The first-order valence-corrected chi connectivity index (χ1v) is 9.14. The Kier molecular flexibility index (Phi) is 4.83. The van der Waals surface area contributed by atoms with Gasteiger partial charge in [0.05, 0.1) is 13.2 Å². The van der Waals surface area contributed by atoms with Gasteiger partial charge in [-0.2, -0.15) is 0 Å². The van der Waals surface area contributed by atoms with E-state index >= 15 is 0 Å². The van der Waals surface area contributed by atoms with Gasteiger partial charge < -0.3 is 14.8 Å². The summed E-state index contributed by atoms with van der Waals surface area (Å²) in [5.41, 5.74) is 1.07. The fourth-order valence-corrected chi connectivity index (χ4v) is 3.82. The fourth-order valence-electron chi connectivity index (χ4n) is 3.82. The molecular formula is C19H26N2O3. The molecule has 1 N–H and O–H groups in total. The zero-order chi connectivity index (χ0) is 16.4. The molecule has 2 heterocycles. The molecule has 5 heteroatoms. The number of carbonyl (C=O) groups excluding carboxylic acids is 1. The van der Waals surface area contributed by atoms with Gasteiger partial charge in [-0.15, -0.1) is 0 Å². The van der Waals surface area contributed by atoms with E-state index in [0.29, 0.717) is 25.2 Å². The highest BCUT2D eigenvalue weighted by molar-refractivity contribution is 5.83. The van der Waals surface area contributed by atoms with E-state index in [1.165, 1.54) is 0 Å². The second-order valence-electron chi connectivity index (χ2n) is 7.10. The number of amides is 1. The smallest absolute Gasteiger partial charge is 0.242 e. The van der Waals surface area contributed by atoms with Crippen molar-refractivity contribution in [3.63, 3.8) is 0 Å². The summed E-state index contributed by atoms with van der Waals surface area (Å²) >= 11 is 0. The van der Waals surface area contributed by atoms with Crippen LogP contribution in [0.15, 0.2) is 30.3 Å². The number of hydrogen-bond acceptors (Lipinski definition) is 4. The van der Waals surface area contributed by atoms with Crippen LogP contribution in [0, 0.1) is 5.92 Å². The molecule has 0 radical (unpaired) electrons. The first-order chi connectivity index (χ1) is 11.8. The Morgan fingerprint density at radius 3 is 2.58 bits per heavy atom. The Balaban J connectivity index is 1.51. The summed E-state index contributed by atoms with van der Waals surface area (Å²) in [5.74, 6) is 0.485. The van der Waals surface area contributed by atoms with E-state index in [9.17, 15) is 4.79 Å². The average Bonchev–Trinajstić information content (AvgIpc) is 3.25. The maximum Gasteiger partial charge on any atom is 0.242 e. The maximum atomic E-state index is 12.9. The third-order valence-electron chi connectivity index (χ3n) is 5.17. The highest BCUT2D eigenvalue weighted by atomic mass is 16.7. The first-order valence-electron chi connectivity index (χ1n) is 9.14. The lowest BCUT2D eigenvalue weighted by atomic mass is 9.94. The lowest BCUT2D eigenvalue weighted by Crippen LogP contribution is -2.47. The molecule has 1 saturated carbocycles. The monoisotopic (exact) mass is 330 g/mol. The van der Waals surface area contributed by atoms with E-state index in [1.54, 1.807) is 0 Å². The van der Waals surface area contributed by atoms with Crippen molar-refractivity contribution in [1.29, 1.82) is 0 Å². The number of nitrogens with one attached hydrogen (secondary N) is 1.